The average molecular weight is 518 g/mol. The van der Waals surface area contributed by atoms with Crippen LogP contribution in [-0.2, 0) is 9.53 Å². The van der Waals surface area contributed by atoms with Gasteiger partial charge in [0.2, 0.25) is 0 Å². The van der Waals surface area contributed by atoms with Crippen LogP contribution in [0.25, 0.3) is 11.7 Å². The van der Waals surface area contributed by atoms with Gasteiger partial charge in [-0.05, 0) is 38.0 Å². The first-order valence-electron chi connectivity index (χ1n) is 11.9. The first kappa shape index (κ1) is 25.8. The van der Waals surface area contributed by atoms with Crippen LogP contribution in [0.1, 0.15) is 24.5 Å². The number of carbonyl (C=O) groups is 1. The van der Waals surface area contributed by atoms with Gasteiger partial charge in [0, 0.05) is 58.7 Å². The van der Waals surface area contributed by atoms with Crippen LogP contribution in [0.15, 0.2) is 28.0 Å². The molecule has 0 saturated carbocycles. The van der Waals surface area contributed by atoms with Gasteiger partial charge in [-0.2, -0.15) is 0 Å². The Morgan fingerprint density at radius 2 is 1.97 bits per heavy atom. The van der Waals surface area contributed by atoms with E-state index < -0.39 is 0 Å². The van der Waals surface area contributed by atoms with Gasteiger partial charge in [-0.1, -0.05) is 30.0 Å². The van der Waals surface area contributed by atoms with Crippen LogP contribution in [0.4, 0.5) is 5.82 Å². The molecule has 1 amide bonds. The largest absolute Gasteiger partial charge is 0.395 e. The summed E-state index contributed by atoms with van der Waals surface area (Å²) in [4.78, 5) is 37.9. The quantitative estimate of drug-likeness (QED) is 0.303. The third-order valence-electron chi connectivity index (χ3n) is 6.10. The molecule has 2 aliphatic rings. The van der Waals surface area contributed by atoms with Gasteiger partial charge in [0.25, 0.3) is 11.5 Å². The number of aliphatic hydroxyl groups excluding tert-OH is 1. The number of thioether (sulfide) groups is 1. The third kappa shape index (κ3) is 5.75. The molecular weight excluding hydrogens is 486 g/mol. The number of amides is 1. The molecule has 4 heterocycles. The third-order valence-corrected chi connectivity index (χ3v) is 7.47. The molecule has 2 aliphatic heterocycles. The fraction of sp³-hybridized carbons (Fsp3) is 0.500. The number of hydrogen-bond acceptors (Lipinski definition) is 9. The fourth-order valence-corrected chi connectivity index (χ4v) is 5.52. The minimum atomic E-state index is -0.215. The molecule has 35 heavy (non-hydrogen) atoms. The number of piperazine rings is 1. The molecule has 9 nitrogen and oxygen atoms in total. The van der Waals surface area contributed by atoms with Crippen LogP contribution < -0.4 is 10.5 Å². The summed E-state index contributed by atoms with van der Waals surface area (Å²) in [6, 6.07) is 3.77. The van der Waals surface area contributed by atoms with Gasteiger partial charge < -0.3 is 14.7 Å². The summed E-state index contributed by atoms with van der Waals surface area (Å²) in [5.41, 5.74) is 1.68. The maximum Gasteiger partial charge on any atom is 0.267 e. The Balaban J connectivity index is 1.69. The molecule has 1 N–H and O–H groups in total. The summed E-state index contributed by atoms with van der Waals surface area (Å²) >= 11 is 6.68. The summed E-state index contributed by atoms with van der Waals surface area (Å²) < 4.78 is 7.41. The number of ether oxygens (including phenoxy) is 1. The van der Waals surface area contributed by atoms with Crippen molar-refractivity contribution in [2.75, 3.05) is 64.0 Å². The molecule has 0 bridgehead atoms. The Morgan fingerprint density at radius 3 is 2.69 bits per heavy atom. The molecule has 2 aromatic heterocycles. The zero-order valence-electron chi connectivity index (χ0n) is 20.1. The van der Waals surface area contributed by atoms with E-state index >= 15 is 0 Å². The maximum atomic E-state index is 13.6. The minimum Gasteiger partial charge on any atom is -0.395 e. The smallest absolute Gasteiger partial charge is 0.267 e. The van der Waals surface area contributed by atoms with Crippen molar-refractivity contribution in [2.45, 2.75) is 20.3 Å². The van der Waals surface area contributed by atoms with Crippen LogP contribution >= 0.6 is 24.0 Å². The molecule has 11 heteroatoms. The molecule has 2 saturated heterocycles. The van der Waals surface area contributed by atoms with Gasteiger partial charge in [-0.25, -0.2) is 4.98 Å². The van der Waals surface area contributed by atoms with Crippen molar-refractivity contribution in [3.05, 3.63) is 44.7 Å². The minimum absolute atomic E-state index is 0.118. The number of nitrogens with zero attached hydrogens (tertiary/aromatic N) is 5. The zero-order chi connectivity index (χ0) is 24.9. The standard InChI is InChI=1S/C24H31N5O4S2/c1-3-33-14-4-7-28-23(32)19(35-24(28)34)15-18-21(27-10-8-26(9-11-27)12-13-30)25-20-6-5-17(2)16-29(20)22(18)31/h5-6,15-16,30H,3-4,7-14H2,1-2H3. The molecule has 0 aliphatic carbocycles. The topological polar surface area (TPSA) is 90.6 Å². The van der Waals surface area contributed by atoms with Crippen molar-refractivity contribution in [2.24, 2.45) is 0 Å². The molecular formula is C24H31N5O4S2. The lowest BCUT2D eigenvalue weighted by Gasteiger charge is -2.35. The highest BCUT2D eigenvalue weighted by atomic mass is 32.2. The van der Waals surface area contributed by atoms with Crippen molar-refractivity contribution in [3.8, 4) is 0 Å². The van der Waals surface area contributed by atoms with Crippen molar-refractivity contribution in [1.29, 1.82) is 0 Å². The molecule has 0 radical (unpaired) electrons. The number of rotatable bonds is 9. The van der Waals surface area contributed by atoms with Gasteiger partial charge in [0.05, 0.1) is 17.1 Å². The number of aliphatic hydroxyl groups is 1. The Morgan fingerprint density at radius 1 is 1.20 bits per heavy atom. The lowest BCUT2D eigenvalue weighted by molar-refractivity contribution is -0.122. The summed E-state index contributed by atoms with van der Waals surface area (Å²) in [5.74, 6) is 0.382. The highest BCUT2D eigenvalue weighted by molar-refractivity contribution is 8.26. The summed E-state index contributed by atoms with van der Waals surface area (Å²) in [5, 5.41) is 9.26. The van der Waals surface area contributed by atoms with E-state index in [2.05, 4.69) is 9.80 Å². The average Bonchev–Trinajstić information content (AvgIpc) is 3.12. The van der Waals surface area contributed by atoms with Crippen molar-refractivity contribution in [3.63, 3.8) is 0 Å². The second-order valence-corrected chi connectivity index (χ2v) is 10.2. The van der Waals surface area contributed by atoms with Crippen LogP contribution in [0.3, 0.4) is 0 Å². The Kier molecular flexibility index (Phi) is 8.55. The van der Waals surface area contributed by atoms with E-state index in [0.29, 0.717) is 72.1 Å². The summed E-state index contributed by atoms with van der Waals surface area (Å²) in [6.45, 7) is 9.15. The number of β-amino-alcohol motifs (C(OH)–C–C–N with tert-alkyl or cyclic N) is 1. The molecule has 0 unspecified atom stereocenters. The molecule has 188 valence electrons. The second-order valence-electron chi connectivity index (χ2n) is 8.53. The van der Waals surface area contributed by atoms with Crippen LogP contribution in [0.5, 0.6) is 0 Å². The highest BCUT2D eigenvalue weighted by Crippen LogP contribution is 2.33. The van der Waals surface area contributed by atoms with E-state index in [0.717, 1.165) is 18.7 Å². The summed E-state index contributed by atoms with van der Waals surface area (Å²) in [6.07, 6.45) is 4.11. The van der Waals surface area contributed by atoms with E-state index in [1.54, 1.807) is 17.2 Å². The Labute approximate surface area is 214 Å². The lowest BCUT2D eigenvalue weighted by atomic mass is 10.2. The van der Waals surface area contributed by atoms with Gasteiger partial charge >= 0.3 is 0 Å². The molecule has 0 atom stereocenters. The number of hydrogen-bond donors (Lipinski definition) is 1. The van der Waals surface area contributed by atoms with E-state index in [-0.39, 0.29) is 18.1 Å². The maximum absolute atomic E-state index is 13.6. The van der Waals surface area contributed by atoms with Gasteiger partial charge in [0.1, 0.15) is 15.8 Å². The number of carbonyl (C=O) groups excluding carboxylic acids is 1. The fourth-order valence-electron chi connectivity index (χ4n) is 4.23. The van der Waals surface area contributed by atoms with Gasteiger partial charge in [0.15, 0.2) is 0 Å². The van der Waals surface area contributed by atoms with Crippen molar-refractivity contribution in [1.82, 2.24) is 19.2 Å². The van der Waals surface area contributed by atoms with Crippen LogP contribution in [0.2, 0.25) is 0 Å². The summed E-state index contributed by atoms with van der Waals surface area (Å²) in [7, 11) is 0. The Hall–Kier alpha value is -2.31. The van der Waals surface area contributed by atoms with E-state index in [9.17, 15) is 14.7 Å². The number of aromatic nitrogens is 2. The van der Waals surface area contributed by atoms with Crippen molar-refractivity contribution < 1.29 is 14.6 Å². The molecule has 2 aromatic rings. The van der Waals surface area contributed by atoms with E-state index in [1.165, 1.54) is 16.2 Å². The lowest BCUT2D eigenvalue weighted by Crippen LogP contribution is -2.48. The van der Waals surface area contributed by atoms with Crippen LogP contribution in [-0.4, -0.2) is 93.6 Å². The number of thiocarbonyl (C=S) groups is 1. The molecule has 2 fully saturated rings. The predicted molar refractivity (Wildman–Crippen MR) is 143 cm³/mol. The zero-order valence-corrected chi connectivity index (χ0v) is 21.7. The van der Waals surface area contributed by atoms with Gasteiger partial charge in [-0.15, -0.1) is 0 Å². The first-order chi connectivity index (χ1) is 16.9. The number of aryl methyl sites for hydroxylation is 1. The molecule has 0 spiro atoms. The number of fused-ring (bicyclic) bond motifs is 1. The highest BCUT2D eigenvalue weighted by Gasteiger charge is 2.33. The number of anilines is 1. The predicted octanol–water partition coefficient (Wildman–Crippen LogP) is 1.75. The SMILES string of the molecule is CCOCCCN1C(=O)C(=Cc2c(N3CCN(CCO)CC3)nc3ccc(C)cn3c2=O)SC1=S. The first-order valence-corrected chi connectivity index (χ1v) is 13.1. The van der Waals surface area contributed by atoms with Crippen molar-refractivity contribution >= 4 is 51.7 Å². The van der Waals surface area contributed by atoms with Crippen LogP contribution in [0, 0.1) is 6.92 Å². The number of pyridine rings is 1. The Bertz CT molecular complexity index is 1190. The van der Waals surface area contributed by atoms with E-state index in [1.807, 2.05) is 26.0 Å². The normalized spacial score (nSPS) is 18.4. The second kappa shape index (κ2) is 11.6. The molecule has 0 aromatic carbocycles. The van der Waals surface area contributed by atoms with E-state index in [4.69, 9.17) is 21.9 Å². The monoisotopic (exact) mass is 517 g/mol. The van der Waals surface area contributed by atoms with Gasteiger partial charge in [-0.3, -0.25) is 23.8 Å². The molecule has 4 rings (SSSR count).